The second kappa shape index (κ2) is 6.50. The normalized spacial score (nSPS) is 17.4. The summed E-state index contributed by atoms with van der Waals surface area (Å²) in [6, 6.07) is 0. The van der Waals surface area contributed by atoms with E-state index in [2.05, 4.69) is 17.1 Å². The number of aromatic nitrogens is 1. The van der Waals surface area contributed by atoms with E-state index in [-0.39, 0.29) is 0 Å². The summed E-state index contributed by atoms with van der Waals surface area (Å²) >= 11 is 1.83. The third-order valence-electron chi connectivity index (χ3n) is 3.51. The van der Waals surface area contributed by atoms with E-state index in [1.165, 1.54) is 28.5 Å². The van der Waals surface area contributed by atoms with Crippen LogP contribution in [0.5, 0.6) is 0 Å². The van der Waals surface area contributed by atoms with Gasteiger partial charge in [0, 0.05) is 38.2 Å². The quantitative estimate of drug-likeness (QED) is 0.887. The summed E-state index contributed by atoms with van der Waals surface area (Å²) in [5.41, 5.74) is 1.17. The number of rotatable bonds is 5. The zero-order chi connectivity index (χ0) is 13.0. The van der Waals surface area contributed by atoms with E-state index in [4.69, 9.17) is 9.72 Å². The lowest BCUT2D eigenvalue weighted by molar-refractivity contribution is 0.139. The van der Waals surface area contributed by atoms with E-state index in [1.54, 1.807) is 7.11 Å². The molecule has 0 bridgehead atoms. The monoisotopic (exact) mass is 269 g/mol. The number of nitrogens with zero attached hydrogens (tertiary/aromatic N) is 2. The molecule has 1 aliphatic rings. The molecule has 1 fully saturated rings. The van der Waals surface area contributed by atoms with Crippen molar-refractivity contribution in [1.82, 2.24) is 10.3 Å². The summed E-state index contributed by atoms with van der Waals surface area (Å²) < 4.78 is 5.24. The Morgan fingerprint density at radius 3 is 2.78 bits per heavy atom. The number of hydrogen-bond donors (Lipinski definition) is 1. The Bertz CT molecular complexity index is 372. The maximum atomic E-state index is 5.24. The number of nitrogens with one attached hydrogen (secondary N) is 1. The Balaban J connectivity index is 1.94. The van der Waals surface area contributed by atoms with Crippen LogP contribution in [0.3, 0.4) is 0 Å². The summed E-state index contributed by atoms with van der Waals surface area (Å²) in [7, 11) is 3.77. The van der Waals surface area contributed by atoms with Gasteiger partial charge in [-0.25, -0.2) is 4.98 Å². The largest absolute Gasteiger partial charge is 0.384 e. The van der Waals surface area contributed by atoms with Gasteiger partial charge in [0.15, 0.2) is 5.13 Å². The van der Waals surface area contributed by atoms with Crippen LogP contribution in [0.15, 0.2) is 0 Å². The first-order chi connectivity index (χ1) is 8.74. The average molecular weight is 269 g/mol. The van der Waals surface area contributed by atoms with Gasteiger partial charge < -0.3 is 15.0 Å². The molecule has 0 unspecified atom stereocenters. The Labute approximate surface area is 113 Å². The molecule has 1 aliphatic heterocycles. The first-order valence-electron chi connectivity index (χ1n) is 6.59. The van der Waals surface area contributed by atoms with Crippen LogP contribution in [0.2, 0.25) is 0 Å². The molecule has 5 heteroatoms. The van der Waals surface area contributed by atoms with Crippen LogP contribution in [-0.2, 0) is 11.3 Å². The molecular weight excluding hydrogens is 246 g/mol. The third-order valence-corrected chi connectivity index (χ3v) is 4.72. The van der Waals surface area contributed by atoms with Gasteiger partial charge in [-0.15, -0.1) is 11.3 Å². The molecule has 1 N–H and O–H groups in total. The van der Waals surface area contributed by atoms with Gasteiger partial charge in [-0.1, -0.05) is 0 Å². The fourth-order valence-corrected chi connectivity index (χ4v) is 3.52. The Kier molecular flexibility index (Phi) is 4.97. The van der Waals surface area contributed by atoms with E-state index in [9.17, 15) is 0 Å². The van der Waals surface area contributed by atoms with E-state index in [0.29, 0.717) is 0 Å². The van der Waals surface area contributed by atoms with Gasteiger partial charge in [0.2, 0.25) is 0 Å². The van der Waals surface area contributed by atoms with Crippen molar-refractivity contribution >= 4 is 16.5 Å². The Hall–Kier alpha value is -0.650. The Morgan fingerprint density at radius 1 is 1.44 bits per heavy atom. The van der Waals surface area contributed by atoms with Crippen molar-refractivity contribution in [3.8, 4) is 0 Å². The molecule has 2 rings (SSSR count). The lowest BCUT2D eigenvalue weighted by Gasteiger charge is -2.31. The summed E-state index contributed by atoms with van der Waals surface area (Å²) in [6.45, 7) is 6.14. The highest BCUT2D eigenvalue weighted by atomic mass is 32.1. The molecule has 0 spiro atoms. The standard InChI is InChI=1S/C13H23N3OS/c1-10-12(8-14-2)18-13(15-10)16-6-4-11(5-7-16)9-17-3/h11,14H,4-9H2,1-3H3. The molecule has 18 heavy (non-hydrogen) atoms. The molecule has 1 aromatic heterocycles. The molecule has 1 saturated heterocycles. The third kappa shape index (κ3) is 3.22. The zero-order valence-corrected chi connectivity index (χ0v) is 12.3. The van der Waals surface area contributed by atoms with Crippen molar-refractivity contribution in [2.75, 3.05) is 38.8 Å². The predicted molar refractivity (Wildman–Crippen MR) is 76.4 cm³/mol. The van der Waals surface area contributed by atoms with E-state index in [0.717, 1.165) is 32.2 Å². The van der Waals surface area contributed by atoms with Crippen molar-refractivity contribution in [3.63, 3.8) is 0 Å². The number of anilines is 1. The molecular formula is C13H23N3OS. The second-order valence-electron chi connectivity index (χ2n) is 4.92. The molecule has 0 atom stereocenters. The molecule has 2 heterocycles. The molecule has 102 valence electrons. The van der Waals surface area contributed by atoms with Gasteiger partial charge >= 0.3 is 0 Å². The van der Waals surface area contributed by atoms with E-state index >= 15 is 0 Å². The van der Waals surface area contributed by atoms with Gasteiger partial charge in [-0.3, -0.25) is 0 Å². The maximum Gasteiger partial charge on any atom is 0.185 e. The van der Waals surface area contributed by atoms with Crippen molar-refractivity contribution in [1.29, 1.82) is 0 Å². The van der Waals surface area contributed by atoms with Crippen LogP contribution in [0.4, 0.5) is 5.13 Å². The van der Waals surface area contributed by atoms with Crippen LogP contribution in [0.1, 0.15) is 23.4 Å². The van der Waals surface area contributed by atoms with Crippen molar-refractivity contribution in [3.05, 3.63) is 10.6 Å². The minimum Gasteiger partial charge on any atom is -0.384 e. The molecule has 0 saturated carbocycles. The van der Waals surface area contributed by atoms with Crippen LogP contribution in [-0.4, -0.2) is 38.8 Å². The SMILES string of the molecule is CNCc1sc(N2CCC(COC)CC2)nc1C. The van der Waals surface area contributed by atoms with Crippen molar-refractivity contribution < 1.29 is 4.74 Å². The highest BCUT2D eigenvalue weighted by Crippen LogP contribution is 2.29. The summed E-state index contributed by atoms with van der Waals surface area (Å²) in [5, 5.41) is 4.39. The van der Waals surface area contributed by atoms with Gasteiger partial charge in [0.1, 0.15) is 0 Å². The predicted octanol–water partition coefficient (Wildman–Crippen LogP) is 2.03. The number of thiazole rings is 1. The molecule has 0 radical (unpaired) electrons. The second-order valence-corrected chi connectivity index (χ2v) is 5.98. The van der Waals surface area contributed by atoms with Crippen LogP contribution in [0.25, 0.3) is 0 Å². The Morgan fingerprint density at radius 2 is 2.17 bits per heavy atom. The van der Waals surface area contributed by atoms with Gasteiger partial charge in [-0.05, 0) is 32.7 Å². The first-order valence-corrected chi connectivity index (χ1v) is 7.41. The zero-order valence-electron chi connectivity index (χ0n) is 11.5. The average Bonchev–Trinajstić information content (AvgIpc) is 2.73. The lowest BCUT2D eigenvalue weighted by atomic mass is 9.98. The molecule has 4 nitrogen and oxygen atoms in total. The lowest BCUT2D eigenvalue weighted by Crippen LogP contribution is -2.34. The molecule has 0 aromatic carbocycles. The fraction of sp³-hybridized carbons (Fsp3) is 0.769. The number of piperidine rings is 1. The summed E-state index contributed by atoms with van der Waals surface area (Å²) in [4.78, 5) is 8.47. The van der Waals surface area contributed by atoms with Crippen molar-refractivity contribution in [2.24, 2.45) is 5.92 Å². The number of aryl methyl sites for hydroxylation is 1. The van der Waals surface area contributed by atoms with Crippen LogP contribution in [0, 0.1) is 12.8 Å². The minimum atomic E-state index is 0.726. The smallest absolute Gasteiger partial charge is 0.185 e. The van der Waals surface area contributed by atoms with Crippen LogP contribution < -0.4 is 10.2 Å². The highest BCUT2D eigenvalue weighted by Gasteiger charge is 2.21. The first kappa shape index (κ1) is 13.8. The van der Waals surface area contributed by atoms with E-state index in [1.807, 2.05) is 18.4 Å². The topological polar surface area (TPSA) is 37.4 Å². The molecule has 0 aliphatic carbocycles. The number of hydrogen-bond acceptors (Lipinski definition) is 5. The van der Waals surface area contributed by atoms with Gasteiger partial charge in [0.25, 0.3) is 0 Å². The van der Waals surface area contributed by atoms with Crippen molar-refractivity contribution in [2.45, 2.75) is 26.3 Å². The molecule has 0 amide bonds. The fourth-order valence-electron chi connectivity index (χ4n) is 2.40. The maximum absolute atomic E-state index is 5.24. The van der Waals surface area contributed by atoms with Gasteiger partial charge in [0.05, 0.1) is 5.69 Å². The minimum absolute atomic E-state index is 0.726. The summed E-state index contributed by atoms with van der Waals surface area (Å²) in [5.74, 6) is 0.726. The van der Waals surface area contributed by atoms with Crippen LogP contribution >= 0.6 is 11.3 Å². The number of methoxy groups -OCH3 is 1. The van der Waals surface area contributed by atoms with Gasteiger partial charge in [-0.2, -0.15) is 0 Å². The number of ether oxygens (including phenoxy) is 1. The summed E-state index contributed by atoms with van der Waals surface area (Å²) in [6.07, 6.45) is 2.43. The molecule has 1 aromatic rings. The van der Waals surface area contributed by atoms with E-state index < -0.39 is 0 Å². The highest BCUT2D eigenvalue weighted by molar-refractivity contribution is 7.15.